The van der Waals surface area contributed by atoms with Crippen LogP contribution in [0.1, 0.15) is 364 Å². The fraction of sp³-hybridized carbons (Fsp3) is 0.945. The van der Waals surface area contributed by atoms with Crippen LogP contribution in [0.15, 0.2) is 0 Å². The number of hydrogen-bond donors (Lipinski definition) is 3. The molecule has 0 saturated carbocycles. The molecule has 0 aromatic carbocycles. The van der Waals surface area contributed by atoms with Gasteiger partial charge in [-0.25, -0.2) is 9.13 Å². The van der Waals surface area contributed by atoms with E-state index in [4.69, 9.17) is 37.0 Å². The van der Waals surface area contributed by atoms with Crippen LogP contribution in [0.2, 0.25) is 0 Å². The lowest BCUT2D eigenvalue weighted by atomic mass is 9.99. The van der Waals surface area contributed by atoms with Gasteiger partial charge in [-0.1, -0.05) is 312 Å². The highest BCUT2D eigenvalue weighted by Gasteiger charge is 2.30. The van der Waals surface area contributed by atoms with Gasteiger partial charge in [-0.3, -0.25) is 37.3 Å². The first-order valence-corrected chi connectivity index (χ1v) is 40.7. The number of aliphatic hydroxyl groups is 1. The van der Waals surface area contributed by atoms with E-state index >= 15 is 0 Å². The quantitative estimate of drug-likeness (QED) is 0.0222. The molecule has 0 saturated heterocycles. The molecule has 0 aromatic heterocycles. The van der Waals surface area contributed by atoms with Crippen LogP contribution in [-0.4, -0.2) is 96.7 Å². The molecule has 0 fully saturated rings. The van der Waals surface area contributed by atoms with Gasteiger partial charge >= 0.3 is 39.5 Å². The third-order valence-electron chi connectivity index (χ3n) is 17.2. The minimum Gasteiger partial charge on any atom is -0.462 e. The topological polar surface area (TPSA) is 237 Å². The molecule has 0 aliphatic carbocycles. The monoisotopic (exact) mass is 1350 g/mol. The number of rotatable bonds is 70. The first-order chi connectivity index (χ1) is 44.1. The van der Waals surface area contributed by atoms with Gasteiger partial charge in [0.25, 0.3) is 0 Å². The Balaban J connectivity index is 5.25. The molecule has 0 rings (SSSR count). The zero-order chi connectivity index (χ0) is 68.2. The van der Waals surface area contributed by atoms with E-state index in [1.165, 1.54) is 161 Å². The van der Waals surface area contributed by atoms with Crippen molar-refractivity contribution >= 4 is 39.5 Å². The van der Waals surface area contributed by atoms with Crippen molar-refractivity contribution in [3.05, 3.63) is 0 Å². The summed E-state index contributed by atoms with van der Waals surface area (Å²) in [6.45, 7) is 14.1. The smallest absolute Gasteiger partial charge is 0.462 e. The molecule has 6 atom stereocenters. The van der Waals surface area contributed by atoms with Crippen LogP contribution in [0.3, 0.4) is 0 Å². The van der Waals surface area contributed by atoms with Crippen LogP contribution in [0, 0.1) is 23.7 Å². The largest absolute Gasteiger partial charge is 0.472 e. The van der Waals surface area contributed by atoms with E-state index in [2.05, 4.69) is 55.4 Å². The summed E-state index contributed by atoms with van der Waals surface area (Å²) in [5.74, 6) is 0.901. The van der Waals surface area contributed by atoms with Crippen LogP contribution >= 0.6 is 15.6 Å². The predicted molar refractivity (Wildman–Crippen MR) is 372 cm³/mol. The third kappa shape index (κ3) is 65.4. The van der Waals surface area contributed by atoms with Gasteiger partial charge in [-0.05, 0) is 49.4 Å². The number of aliphatic hydroxyl groups excluding tert-OH is 1. The first-order valence-electron chi connectivity index (χ1n) is 37.7. The SMILES string of the molecule is CCC(C)CCCCCCCCCCCCC(=O)OC[C@H](COP(=O)(O)OCC(O)COP(=O)(O)OC[C@@H](COC(=O)CCCCCCCCCC(C)C)OC(=O)CCCCCCCCCCC(C)C)OC(=O)CCCCCCCCCCCCCCCCC(C)C. The summed E-state index contributed by atoms with van der Waals surface area (Å²) in [5.41, 5.74) is 0. The van der Waals surface area contributed by atoms with Gasteiger partial charge in [0.15, 0.2) is 12.2 Å². The van der Waals surface area contributed by atoms with Crippen molar-refractivity contribution < 1.29 is 80.2 Å². The maximum Gasteiger partial charge on any atom is 0.472 e. The minimum absolute atomic E-state index is 0.103. The fourth-order valence-corrected chi connectivity index (χ4v) is 12.6. The summed E-state index contributed by atoms with van der Waals surface area (Å²) in [5, 5.41) is 10.6. The molecule has 4 unspecified atom stereocenters. The highest BCUT2D eigenvalue weighted by Crippen LogP contribution is 2.45. The second-order valence-electron chi connectivity index (χ2n) is 28.0. The first kappa shape index (κ1) is 90.1. The van der Waals surface area contributed by atoms with E-state index in [0.29, 0.717) is 31.6 Å². The van der Waals surface area contributed by atoms with Gasteiger partial charge in [-0.2, -0.15) is 0 Å². The summed E-state index contributed by atoms with van der Waals surface area (Å²) < 4.78 is 68.4. The van der Waals surface area contributed by atoms with Crippen molar-refractivity contribution in [2.45, 2.75) is 382 Å². The number of phosphoric acid groups is 2. The summed E-state index contributed by atoms with van der Waals surface area (Å²) in [6.07, 6.45) is 45.9. The molecule has 0 aliphatic heterocycles. The van der Waals surface area contributed by atoms with Gasteiger partial charge < -0.3 is 33.8 Å². The number of esters is 4. The molecule has 546 valence electrons. The van der Waals surface area contributed by atoms with Crippen LogP contribution in [0.4, 0.5) is 0 Å². The zero-order valence-corrected chi connectivity index (χ0v) is 62.0. The van der Waals surface area contributed by atoms with Crippen LogP contribution in [0.25, 0.3) is 0 Å². The van der Waals surface area contributed by atoms with Gasteiger partial charge in [0.05, 0.1) is 26.4 Å². The lowest BCUT2D eigenvalue weighted by Crippen LogP contribution is -2.30. The molecule has 0 spiro atoms. The average molecular weight is 1350 g/mol. The second-order valence-corrected chi connectivity index (χ2v) is 30.9. The summed E-state index contributed by atoms with van der Waals surface area (Å²) in [6, 6.07) is 0. The van der Waals surface area contributed by atoms with Crippen LogP contribution < -0.4 is 0 Å². The Bertz CT molecular complexity index is 1820. The molecular formula is C73H142O17P2. The molecule has 0 aromatic rings. The van der Waals surface area contributed by atoms with Gasteiger partial charge in [0.1, 0.15) is 19.3 Å². The highest BCUT2D eigenvalue weighted by molar-refractivity contribution is 7.47. The molecule has 0 amide bonds. The van der Waals surface area contributed by atoms with Gasteiger partial charge in [0, 0.05) is 25.7 Å². The Kier molecular flexibility index (Phi) is 61.3. The molecule has 0 radical (unpaired) electrons. The fourth-order valence-electron chi connectivity index (χ4n) is 11.0. The molecule has 19 heteroatoms. The Morgan fingerprint density at radius 2 is 0.522 bits per heavy atom. The normalized spacial score (nSPS) is 14.5. The van der Waals surface area contributed by atoms with Crippen molar-refractivity contribution in [3.8, 4) is 0 Å². The number of phosphoric ester groups is 2. The molecule has 3 N–H and O–H groups in total. The van der Waals surface area contributed by atoms with Crippen molar-refractivity contribution in [2.24, 2.45) is 23.7 Å². The second kappa shape index (κ2) is 62.6. The molecule has 92 heavy (non-hydrogen) atoms. The number of carbonyl (C=O) groups is 4. The van der Waals surface area contributed by atoms with Crippen molar-refractivity contribution in [3.63, 3.8) is 0 Å². The molecule has 0 heterocycles. The Morgan fingerprint density at radius 1 is 0.304 bits per heavy atom. The van der Waals surface area contributed by atoms with E-state index in [0.717, 1.165) is 114 Å². The Morgan fingerprint density at radius 3 is 0.772 bits per heavy atom. The molecule has 17 nitrogen and oxygen atoms in total. The molecular weight excluding hydrogens is 1210 g/mol. The third-order valence-corrected chi connectivity index (χ3v) is 19.1. The van der Waals surface area contributed by atoms with E-state index in [1.54, 1.807) is 0 Å². The Labute approximate surface area is 562 Å². The van der Waals surface area contributed by atoms with Crippen LogP contribution in [0.5, 0.6) is 0 Å². The predicted octanol–water partition coefficient (Wildman–Crippen LogP) is 20.9. The summed E-state index contributed by atoms with van der Waals surface area (Å²) in [4.78, 5) is 72.7. The van der Waals surface area contributed by atoms with E-state index in [9.17, 15) is 43.2 Å². The number of unbranched alkanes of at least 4 members (excludes halogenated alkanes) is 35. The minimum atomic E-state index is -4.96. The zero-order valence-electron chi connectivity index (χ0n) is 60.2. The molecule has 0 bridgehead atoms. The standard InChI is InChI=1S/C73H142O17P2/c1-9-66(8)52-44-36-28-19-16-17-20-29-37-45-53-70(75)83-59-68(89-72(77)55-47-39-30-21-15-13-11-10-12-14-18-25-33-41-49-63(2)3)61-87-91(79,80)85-57-67(74)58-86-92(81,82)88-62-69(60-84-71(76)54-46-38-32-24-27-35-43-51-65(6)7)90-73(78)56-48-40-31-23-22-26-34-42-50-64(4)5/h63-69,74H,9-62H2,1-8H3,(H,79,80)(H,81,82)/t66?,67?,68-,69-/m1/s1. The Hall–Kier alpha value is -1.94. The maximum absolute atomic E-state index is 13.1. The van der Waals surface area contributed by atoms with E-state index < -0.39 is 97.5 Å². The summed E-state index contributed by atoms with van der Waals surface area (Å²) in [7, 11) is -9.91. The van der Waals surface area contributed by atoms with Crippen molar-refractivity contribution in [1.29, 1.82) is 0 Å². The van der Waals surface area contributed by atoms with Crippen molar-refractivity contribution in [1.82, 2.24) is 0 Å². The highest BCUT2D eigenvalue weighted by atomic mass is 31.2. The lowest BCUT2D eigenvalue weighted by Gasteiger charge is -2.21. The average Bonchev–Trinajstić information content (AvgIpc) is 3.62. The maximum atomic E-state index is 13.1. The van der Waals surface area contributed by atoms with Gasteiger partial charge in [-0.15, -0.1) is 0 Å². The number of ether oxygens (including phenoxy) is 4. The van der Waals surface area contributed by atoms with E-state index in [-0.39, 0.29) is 25.7 Å². The van der Waals surface area contributed by atoms with Crippen LogP contribution in [-0.2, 0) is 65.4 Å². The molecule has 0 aliphatic rings. The lowest BCUT2D eigenvalue weighted by molar-refractivity contribution is -0.161. The number of carbonyl (C=O) groups excluding carboxylic acids is 4. The number of hydrogen-bond acceptors (Lipinski definition) is 15. The summed E-state index contributed by atoms with van der Waals surface area (Å²) >= 11 is 0. The van der Waals surface area contributed by atoms with Gasteiger partial charge in [0.2, 0.25) is 0 Å². The van der Waals surface area contributed by atoms with E-state index in [1.807, 2.05) is 0 Å². The van der Waals surface area contributed by atoms with Crippen molar-refractivity contribution in [2.75, 3.05) is 39.6 Å².